The van der Waals surface area contributed by atoms with E-state index in [0.717, 1.165) is 17.2 Å². The molecule has 0 aliphatic carbocycles. The average Bonchev–Trinajstić information content (AvgIpc) is 2.65. The molecule has 1 aromatic rings. The summed E-state index contributed by atoms with van der Waals surface area (Å²) in [5.41, 5.74) is 0.846. The summed E-state index contributed by atoms with van der Waals surface area (Å²) in [4.78, 5) is 24.5. The lowest BCUT2D eigenvalue weighted by Crippen LogP contribution is -2.34. The van der Waals surface area contributed by atoms with Crippen molar-refractivity contribution in [2.45, 2.75) is 0 Å². The van der Waals surface area contributed by atoms with E-state index < -0.39 is 21.8 Å². The first-order chi connectivity index (χ1) is 10.3. The SMILES string of the molecule is CS(=O)(=O)Nc1cccc(NC2=CC(=O)N(CCO)C2=O)c1. The highest BCUT2D eigenvalue weighted by atomic mass is 32.2. The number of benzene rings is 1. The molecule has 22 heavy (non-hydrogen) atoms. The lowest BCUT2D eigenvalue weighted by atomic mass is 10.2. The van der Waals surface area contributed by atoms with Gasteiger partial charge in [0.1, 0.15) is 5.70 Å². The largest absolute Gasteiger partial charge is 0.395 e. The van der Waals surface area contributed by atoms with Crippen LogP contribution in [0.15, 0.2) is 36.0 Å². The fourth-order valence-electron chi connectivity index (χ4n) is 1.94. The molecule has 0 fully saturated rings. The Morgan fingerprint density at radius 2 is 1.91 bits per heavy atom. The summed E-state index contributed by atoms with van der Waals surface area (Å²) in [7, 11) is -3.41. The second-order valence-corrected chi connectivity index (χ2v) is 6.41. The summed E-state index contributed by atoms with van der Waals surface area (Å²) in [6, 6.07) is 6.28. The topological polar surface area (TPSA) is 116 Å². The summed E-state index contributed by atoms with van der Waals surface area (Å²) >= 11 is 0. The molecule has 0 aromatic heterocycles. The van der Waals surface area contributed by atoms with Crippen molar-refractivity contribution < 1.29 is 23.1 Å². The minimum Gasteiger partial charge on any atom is -0.395 e. The first-order valence-electron chi connectivity index (χ1n) is 6.33. The van der Waals surface area contributed by atoms with Crippen molar-refractivity contribution in [3.05, 3.63) is 36.0 Å². The number of sulfonamides is 1. The van der Waals surface area contributed by atoms with Crippen LogP contribution in [0.3, 0.4) is 0 Å². The van der Waals surface area contributed by atoms with Crippen LogP contribution in [-0.4, -0.2) is 49.6 Å². The number of aliphatic hydroxyl groups excluding tert-OH is 1. The lowest BCUT2D eigenvalue weighted by molar-refractivity contribution is -0.137. The predicted molar refractivity (Wildman–Crippen MR) is 80.4 cm³/mol. The molecule has 118 valence electrons. The zero-order valence-corrected chi connectivity index (χ0v) is 12.6. The maximum atomic E-state index is 12.0. The van der Waals surface area contributed by atoms with Crippen LogP contribution in [0, 0.1) is 0 Å². The molecule has 0 bridgehead atoms. The number of nitrogens with zero attached hydrogens (tertiary/aromatic N) is 1. The van der Waals surface area contributed by atoms with Crippen molar-refractivity contribution >= 4 is 33.2 Å². The van der Waals surface area contributed by atoms with Gasteiger partial charge in [-0.2, -0.15) is 0 Å². The van der Waals surface area contributed by atoms with Crippen LogP contribution in [0.25, 0.3) is 0 Å². The van der Waals surface area contributed by atoms with E-state index in [0.29, 0.717) is 11.4 Å². The van der Waals surface area contributed by atoms with Crippen LogP contribution < -0.4 is 10.0 Å². The fourth-order valence-corrected chi connectivity index (χ4v) is 2.50. The summed E-state index contributed by atoms with van der Waals surface area (Å²) in [6.07, 6.45) is 2.16. The number of nitrogens with one attached hydrogen (secondary N) is 2. The minimum absolute atomic E-state index is 0.0648. The van der Waals surface area contributed by atoms with Crippen LogP contribution in [0.1, 0.15) is 0 Å². The first kappa shape index (κ1) is 16.0. The van der Waals surface area contributed by atoms with Crippen molar-refractivity contribution in [2.75, 3.05) is 29.4 Å². The van der Waals surface area contributed by atoms with Gasteiger partial charge in [-0.15, -0.1) is 0 Å². The van der Waals surface area contributed by atoms with Gasteiger partial charge >= 0.3 is 0 Å². The van der Waals surface area contributed by atoms with Gasteiger partial charge in [0.2, 0.25) is 10.0 Å². The van der Waals surface area contributed by atoms with Crippen molar-refractivity contribution in [2.24, 2.45) is 0 Å². The van der Waals surface area contributed by atoms with E-state index in [1.165, 1.54) is 6.07 Å². The van der Waals surface area contributed by atoms with Gasteiger partial charge < -0.3 is 10.4 Å². The Kier molecular flexibility index (Phi) is 4.48. The molecule has 0 saturated heterocycles. The van der Waals surface area contributed by atoms with Crippen molar-refractivity contribution in [3.8, 4) is 0 Å². The second kappa shape index (κ2) is 6.16. The number of aliphatic hydroxyl groups is 1. The molecule has 1 aliphatic rings. The maximum absolute atomic E-state index is 12.0. The Bertz CT molecular complexity index is 742. The Morgan fingerprint density at radius 3 is 2.55 bits per heavy atom. The summed E-state index contributed by atoms with van der Waals surface area (Å²) in [5.74, 6) is -1.05. The van der Waals surface area contributed by atoms with E-state index >= 15 is 0 Å². The third-order valence-corrected chi connectivity index (χ3v) is 3.38. The number of carbonyl (C=O) groups excluding carboxylic acids is 2. The van der Waals surface area contributed by atoms with E-state index in [2.05, 4.69) is 10.0 Å². The standard InChI is InChI=1S/C13H15N3O5S/c1-22(20,21)15-10-4-2-3-9(7-10)14-11-8-12(18)16(5-6-17)13(11)19/h2-4,7-8,14-15,17H,5-6H2,1H3. The molecule has 0 spiro atoms. The molecular formula is C13H15N3O5S. The number of imide groups is 1. The number of hydrogen-bond acceptors (Lipinski definition) is 6. The number of anilines is 2. The zero-order valence-electron chi connectivity index (χ0n) is 11.7. The zero-order chi connectivity index (χ0) is 16.3. The van der Waals surface area contributed by atoms with Crippen molar-refractivity contribution in [1.29, 1.82) is 0 Å². The Morgan fingerprint density at radius 1 is 1.23 bits per heavy atom. The van der Waals surface area contributed by atoms with Crippen LogP contribution in [-0.2, 0) is 19.6 Å². The molecule has 0 radical (unpaired) electrons. The van der Waals surface area contributed by atoms with Crippen LogP contribution in [0.4, 0.5) is 11.4 Å². The molecule has 0 unspecified atom stereocenters. The van der Waals surface area contributed by atoms with Crippen molar-refractivity contribution in [1.82, 2.24) is 4.90 Å². The molecule has 1 aliphatic heterocycles. The Balaban J connectivity index is 2.15. The highest BCUT2D eigenvalue weighted by Crippen LogP contribution is 2.20. The lowest BCUT2D eigenvalue weighted by Gasteiger charge is -2.13. The van der Waals surface area contributed by atoms with Crippen LogP contribution in [0.5, 0.6) is 0 Å². The fraction of sp³-hybridized carbons (Fsp3) is 0.231. The van der Waals surface area contributed by atoms with Gasteiger partial charge in [-0.25, -0.2) is 8.42 Å². The van der Waals surface area contributed by atoms with Crippen molar-refractivity contribution in [3.63, 3.8) is 0 Å². The van der Waals surface area contributed by atoms with Gasteiger partial charge in [0.25, 0.3) is 11.8 Å². The molecule has 9 heteroatoms. The number of carbonyl (C=O) groups is 2. The summed E-state index contributed by atoms with van der Waals surface area (Å²) in [5, 5.41) is 11.6. The molecule has 2 amide bonds. The molecular weight excluding hydrogens is 310 g/mol. The minimum atomic E-state index is -3.41. The van der Waals surface area contributed by atoms with E-state index in [1.807, 2.05) is 0 Å². The smallest absolute Gasteiger partial charge is 0.277 e. The molecule has 2 rings (SSSR count). The number of hydrogen-bond donors (Lipinski definition) is 3. The van der Waals surface area contributed by atoms with E-state index in [9.17, 15) is 18.0 Å². The highest BCUT2D eigenvalue weighted by molar-refractivity contribution is 7.92. The Hall–Kier alpha value is -2.39. The number of amides is 2. The highest BCUT2D eigenvalue weighted by Gasteiger charge is 2.30. The van der Waals surface area contributed by atoms with Gasteiger partial charge in [-0.05, 0) is 18.2 Å². The monoisotopic (exact) mass is 325 g/mol. The summed E-state index contributed by atoms with van der Waals surface area (Å²) in [6.45, 7) is -0.388. The third-order valence-electron chi connectivity index (χ3n) is 2.78. The third kappa shape index (κ3) is 3.83. The van der Waals surface area contributed by atoms with E-state index in [-0.39, 0.29) is 18.8 Å². The van der Waals surface area contributed by atoms with Gasteiger partial charge in [0.15, 0.2) is 0 Å². The van der Waals surface area contributed by atoms with E-state index in [1.54, 1.807) is 18.2 Å². The predicted octanol–water partition coefficient (Wildman–Crippen LogP) is -0.285. The molecule has 3 N–H and O–H groups in total. The van der Waals surface area contributed by atoms with Gasteiger partial charge in [-0.3, -0.25) is 19.2 Å². The van der Waals surface area contributed by atoms with Crippen LogP contribution in [0.2, 0.25) is 0 Å². The van der Waals surface area contributed by atoms with E-state index in [4.69, 9.17) is 5.11 Å². The second-order valence-electron chi connectivity index (χ2n) is 4.66. The molecule has 1 heterocycles. The normalized spacial score (nSPS) is 15.0. The molecule has 1 aromatic carbocycles. The Labute approximate surface area is 127 Å². The quantitative estimate of drug-likeness (QED) is 0.619. The number of rotatable bonds is 6. The molecule has 0 atom stereocenters. The van der Waals surface area contributed by atoms with Gasteiger partial charge in [0, 0.05) is 11.8 Å². The van der Waals surface area contributed by atoms with Gasteiger partial charge in [0.05, 0.1) is 25.1 Å². The van der Waals surface area contributed by atoms with Crippen LogP contribution >= 0.6 is 0 Å². The first-order valence-corrected chi connectivity index (χ1v) is 8.22. The summed E-state index contributed by atoms with van der Waals surface area (Å²) < 4.78 is 24.7. The number of β-amino-alcohol motifs (C(OH)–C–C–N with tert-alkyl or cyclic N) is 1. The van der Waals surface area contributed by atoms with Gasteiger partial charge in [-0.1, -0.05) is 6.07 Å². The molecule has 8 nitrogen and oxygen atoms in total. The average molecular weight is 325 g/mol. The molecule has 0 saturated carbocycles. The maximum Gasteiger partial charge on any atom is 0.277 e.